The molecule has 2 heterocycles. The Bertz CT molecular complexity index is 1540. The highest BCUT2D eigenvalue weighted by molar-refractivity contribution is 6.39. The first-order valence-electron chi connectivity index (χ1n) is 11.0. The Morgan fingerprint density at radius 3 is 2.36 bits per heavy atom. The van der Waals surface area contributed by atoms with Gasteiger partial charge in [-0.1, -0.05) is 48.0 Å². The summed E-state index contributed by atoms with van der Waals surface area (Å²) >= 11 is 5.92. The van der Waals surface area contributed by atoms with Crippen LogP contribution in [0, 0.1) is 0 Å². The predicted octanol–water partition coefficient (Wildman–Crippen LogP) is 4.60. The lowest BCUT2D eigenvalue weighted by Crippen LogP contribution is -2.54. The van der Waals surface area contributed by atoms with Crippen LogP contribution in [0.1, 0.15) is 5.56 Å². The molecule has 1 aliphatic heterocycles. The van der Waals surface area contributed by atoms with E-state index in [-0.39, 0.29) is 23.7 Å². The third-order valence-corrected chi connectivity index (χ3v) is 5.93. The number of para-hydroxylation sites is 2. The van der Waals surface area contributed by atoms with Crippen LogP contribution in [0.4, 0.5) is 16.2 Å². The molecule has 0 aliphatic carbocycles. The van der Waals surface area contributed by atoms with E-state index in [0.717, 1.165) is 15.8 Å². The fraction of sp³-hybridized carbons (Fsp3) is 0.0370. The van der Waals surface area contributed by atoms with Gasteiger partial charge in [-0.15, -0.1) is 0 Å². The maximum atomic E-state index is 13.2. The first kappa shape index (κ1) is 23.1. The lowest BCUT2D eigenvalue weighted by atomic mass is 10.1. The number of fused-ring (bicyclic) bond motifs is 1. The summed E-state index contributed by atoms with van der Waals surface area (Å²) in [4.78, 5) is 51.9. The number of aromatic nitrogens is 1. The van der Waals surface area contributed by atoms with Crippen molar-refractivity contribution < 1.29 is 19.2 Å². The number of benzene rings is 3. The second-order valence-corrected chi connectivity index (χ2v) is 8.51. The van der Waals surface area contributed by atoms with Gasteiger partial charge >= 0.3 is 6.03 Å². The van der Waals surface area contributed by atoms with E-state index in [1.807, 2.05) is 42.5 Å². The Hall–Kier alpha value is -4.69. The van der Waals surface area contributed by atoms with E-state index >= 15 is 0 Å². The number of hydrogen-bond acceptors (Lipinski definition) is 4. The van der Waals surface area contributed by atoms with Crippen LogP contribution >= 0.6 is 11.6 Å². The van der Waals surface area contributed by atoms with Gasteiger partial charge in [-0.05, 0) is 48.5 Å². The van der Waals surface area contributed by atoms with Crippen molar-refractivity contribution in [3.63, 3.8) is 0 Å². The van der Waals surface area contributed by atoms with Crippen LogP contribution in [-0.4, -0.2) is 28.3 Å². The number of imide groups is 2. The molecule has 0 saturated carbocycles. The smallest absolute Gasteiger partial charge is 0.335 e. The normalized spacial score (nSPS) is 14.9. The Kier molecular flexibility index (Phi) is 6.10. The van der Waals surface area contributed by atoms with E-state index in [2.05, 4.69) is 10.6 Å². The largest absolute Gasteiger partial charge is 0.337 e. The molecular weight excluding hydrogens is 480 g/mol. The molecule has 8 nitrogen and oxygen atoms in total. The summed E-state index contributed by atoms with van der Waals surface area (Å²) in [5, 5.41) is 6.25. The number of carbonyl (C=O) groups is 4. The number of barbiturate groups is 1. The maximum Gasteiger partial charge on any atom is 0.335 e. The zero-order valence-electron chi connectivity index (χ0n) is 18.8. The van der Waals surface area contributed by atoms with Gasteiger partial charge in [-0.3, -0.25) is 19.7 Å². The summed E-state index contributed by atoms with van der Waals surface area (Å²) in [6, 6.07) is 21.7. The lowest BCUT2D eigenvalue weighted by Gasteiger charge is -2.26. The van der Waals surface area contributed by atoms with Crippen molar-refractivity contribution in [2.24, 2.45) is 0 Å². The summed E-state index contributed by atoms with van der Waals surface area (Å²) in [5.74, 6) is -1.79. The highest BCUT2D eigenvalue weighted by Crippen LogP contribution is 2.27. The molecule has 1 fully saturated rings. The summed E-state index contributed by atoms with van der Waals surface area (Å²) in [7, 11) is 0. The lowest BCUT2D eigenvalue weighted by molar-refractivity contribution is -0.122. The minimum absolute atomic E-state index is 0.0219. The number of anilines is 2. The van der Waals surface area contributed by atoms with Gasteiger partial charge in [0.1, 0.15) is 12.1 Å². The van der Waals surface area contributed by atoms with Crippen LogP contribution in [0.2, 0.25) is 5.02 Å². The summed E-state index contributed by atoms with van der Waals surface area (Å²) < 4.78 is 1.74. The minimum Gasteiger partial charge on any atom is -0.337 e. The van der Waals surface area contributed by atoms with E-state index in [1.54, 1.807) is 35.0 Å². The van der Waals surface area contributed by atoms with Crippen molar-refractivity contribution in [3.8, 4) is 0 Å². The number of urea groups is 1. The molecule has 1 saturated heterocycles. The number of nitrogens with one attached hydrogen (secondary N) is 2. The molecule has 5 rings (SSSR count). The zero-order valence-corrected chi connectivity index (χ0v) is 19.5. The number of carbonyl (C=O) groups excluding carboxylic acids is 4. The Morgan fingerprint density at radius 1 is 0.917 bits per heavy atom. The fourth-order valence-corrected chi connectivity index (χ4v) is 4.16. The number of amides is 5. The van der Waals surface area contributed by atoms with Crippen molar-refractivity contribution in [1.29, 1.82) is 0 Å². The van der Waals surface area contributed by atoms with E-state index in [9.17, 15) is 19.2 Å². The highest BCUT2D eigenvalue weighted by atomic mass is 35.5. The van der Waals surface area contributed by atoms with Gasteiger partial charge in [0.05, 0.1) is 5.69 Å². The zero-order chi connectivity index (χ0) is 25.2. The molecule has 1 aromatic heterocycles. The van der Waals surface area contributed by atoms with Crippen molar-refractivity contribution in [3.05, 3.63) is 101 Å². The number of rotatable bonds is 5. The highest BCUT2D eigenvalue weighted by Gasteiger charge is 2.37. The van der Waals surface area contributed by atoms with Gasteiger partial charge < -0.3 is 9.88 Å². The molecule has 4 aromatic rings. The maximum absolute atomic E-state index is 13.2. The molecule has 0 bridgehead atoms. The summed E-state index contributed by atoms with van der Waals surface area (Å²) in [6.07, 6.45) is 3.13. The van der Waals surface area contributed by atoms with Gasteiger partial charge in [0.2, 0.25) is 5.91 Å². The van der Waals surface area contributed by atoms with Gasteiger partial charge in [-0.2, -0.15) is 0 Å². The van der Waals surface area contributed by atoms with Gasteiger partial charge in [-0.25, -0.2) is 9.69 Å². The molecule has 9 heteroatoms. The second-order valence-electron chi connectivity index (χ2n) is 8.08. The molecular formula is C27H19ClN4O4. The molecule has 0 atom stereocenters. The van der Waals surface area contributed by atoms with Crippen LogP contribution < -0.4 is 15.5 Å². The third-order valence-electron chi connectivity index (χ3n) is 5.68. The quantitative estimate of drug-likeness (QED) is 0.310. The molecule has 1 aliphatic rings. The van der Waals surface area contributed by atoms with Crippen molar-refractivity contribution in [1.82, 2.24) is 9.88 Å². The molecule has 0 unspecified atom stereocenters. The van der Waals surface area contributed by atoms with Gasteiger partial charge in [0.15, 0.2) is 0 Å². The van der Waals surface area contributed by atoms with Crippen LogP contribution in [0.3, 0.4) is 0 Å². The van der Waals surface area contributed by atoms with E-state index in [0.29, 0.717) is 16.3 Å². The standard InChI is InChI=1S/C27H19ClN4O4/c28-18-10-12-20(13-11-18)32-26(35)22(25(34)30-27(32)36)14-17-15-31(23-9-5-4-8-21(17)23)16-24(33)29-19-6-2-1-3-7-19/h1-15H,16H2,(H,29,33)(H,30,34,36)/b22-14+. The first-order valence-corrected chi connectivity index (χ1v) is 11.4. The Labute approximate surface area is 210 Å². The second kappa shape index (κ2) is 9.52. The molecule has 0 spiro atoms. The molecule has 2 N–H and O–H groups in total. The Morgan fingerprint density at radius 2 is 1.61 bits per heavy atom. The molecule has 36 heavy (non-hydrogen) atoms. The van der Waals surface area contributed by atoms with E-state index in [1.165, 1.54) is 18.2 Å². The van der Waals surface area contributed by atoms with Crippen LogP contribution in [0.15, 0.2) is 90.6 Å². The summed E-state index contributed by atoms with van der Waals surface area (Å²) in [5.41, 5.74) is 2.06. The predicted molar refractivity (Wildman–Crippen MR) is 137 cm³/mol. The topological polar surface area (TPSA) is 101 Å². The molecule has 5 amide bonds. The molecule has 178 valence electrons. The summed E-state index contributed by atoms with van der Waals surface area (Å²) in [6.45, 7) is 0.0219. The number of hydrogen-bond donors (Lipinski definition) is 2. The van der Waals surface area contributed by atoms with Crippen LogP contribution in [0.5, 0.6) is 0 Å². The SMILES string of the molecule is O=C(Cn1cc(/C=C2\C(=O)NC(=O)N(c3ccc(Cl)cc3)C2=O)c2ccccc21)Nc1ccccc1. The first-order chi connectivity index (χ1) is 17.4. The molecule has 0 radical (unpaired) electrons. The fourth-order valence-electron chi connectivity index (χ4n) is 4.04. The van der Waals surface area contributed by atoms with Crippen LogP contribution in [-0.2, 0) is 20.9 Å². The van der Waals surface area contributed by atoms with E-state index < -0.39 is 17.8 Å². The van der Waals surface area contributed by atoms with Gasteiger partial charge in [0.25, 0.3) is 11.8 Å². The average Bonchev–Trinajstić information content (AvgIpc) is 3.20. The average molecular weight is 499 g/mol. The number of nitrogens with zero attached hydrogens (tertiary/aromatic N) is 2. The number of halogens is 1. The van der Waals surface area contributed by atoms with Crippen molar-refractivity contribution in [2.75, 3.05) is 10.2 Å². The van der Waals surface area contributed by atoms with Crippen molar-refractivity contribution >= 4 is 63.7 Å². The van der Waals surface area contributed by atoms with Gasteiger partial charge in [0, 0.05) is 33.4 Å². The monoisotopic (exact) mass is 498 g/mol. The van der Waals surface area contributed by atoms with Crippen LogP contribution in [0.25, 0.3) is 17.0 Å². The van der Waals surface area contributed by atoms with E-state index in [4.69, 9.17) is 11.6 Å². The third kappa shape index (κ3) is 4.49. The molecule has 3 aromatic carbocycles. The van der Waals surface area contributed by atoms with Crippen molar-refractivity contribution in [2.45, 2.75) is 6.54 Å². The Balaban J connectivity index is 1.49. The minimum atomic E-state index is -0.843.